The number of aliphatic hydroxyl groups excluding tert-OH is 1. The molecule has 0 saturated carbocycles. The molecule has 0 radical (unpaired) electrons. The lowest BCUT2D eigenvalue weighted by molar-refractivity contribution is -0.187. The molecule has 144 valence electrons. The summed E-state index contributed by atoms with van der Waals surface area (Å²) in [5.74, 6) is -2.12. The summed E-state index contributed by atoms with van der Waals surface area (Å²) in [5, 5.41) is 20.6. The van der Waals surface area contributed by atoms with Crippen LogP contribution in [0.3, 0.4) is 0 Å². The van der Waals surface area contributed by atoms with E-state index in [4.69, 9.17) is 21.4 Å². The fourth-order valence-electron chi connectivity index (χ4n) is 2.99. The van der Waals surface area contributed by atoms with Gasteiger partial charge >= 0.3 is 12.1 Å². The molecular weight excluding hydrogens is 405 g/mol. The second-order valence-electron chi connectivity index (χ2n) is 5.94. The number of benzene rings is 1. The third kappa shape index (κ3) is 3.97. The van der Waals surface area contributed by atoms with Crippen molar-refractivity contribution in [3.8, 4) is 5.75 Å². The summed E-state index contributed by atoms with van der Waals surface area (Å²) in [6.45, 7) is -0.134. The van der Waals surface area contributed by atoms with E-state index < -0.39 is 23.8 Å². The Morgan fingerprint density at radius 3 is 2.67 bits per heavy atom. The first kappa shape index (κ1) is 19.7. The maximum absolute atomic E-state index is 13.2. The van der Waals surface area contributed by atoms with Gasteiger partial charge in [-0.2, -0.15) is 13.2 Å². The molecule has 0 fully saturated rings. The Balaban J connectivity index is 2.10. The highest BCUT2D eigenvalue weighted by atomic mass is 35.5. The van der Waals surface area contributed by atoms with Gasteiger partial charge in [0.2, 0.25) is 6.10 Å². The summed E-state index contributed by atoms with van der Waals surface area (Å²) < 4.78 is 44.7. The Morgan fingerprint density at radius 2 is 2.11 bits per heavy atom. The number of halogens is 4. The number of hydrogen-bond acceptors (Lipinski definition) is 4. The number of rotatable bonds is 5. The van der Waals surface area contributed by atoms with Crippen molar-refractivity contribution in [2.45, 2.75) is 24.6 Å². The molecule has 4 nitrogen and oxygen atoms in total. The van der Waals surface area contributed by atoms with Crippen molar-refractivity contribution >= 4 is 35.0 Å². The first-order valence-electron chi connectivity index (χ1n) is 7.88. The second kappa shape index (κ2) is 7.53. The first-order chi connectivity index (χ1) is 12.7. The zero-order valence-corrected chi connectivity index (χ0v) is 15.2. The average molecular weight is 419 g/mol. The van der Waals surface area contributed by atoms with Gasteiger partial charge < -0.3 is 14.9 Å². The molecule has 2 unspecified atom stereocenters. The number of aliphatic hydroxyl groups is 1. The minimum absolute atomic E-state index is 0.0961. The van der Waals surface area contributed by atoms with Crippen LogP contribution in [0.4, 0.5) is 13.2 Å². The third-order valence-corrected chi connectivity index (χ3v) is 5.50. The van der Waals surface area contributed by atoms with Gasteiger partial charge in [0.1, 0.15) is 5.75 Å². The summed E-state index contributed by atoms with van der Waals surface area (Å²) in [4.78, 5) is 12.1. The van der Waals surface area contributed by atoms with Gasteiger partial charge in [-0.15, -0.1) is 11.3 Å². The Hall–Kier alpha value is -2.03. The second-order valence-corrected chi connectivity index (χ2v) is 7.32. The smallest absolute Gasteiger partial charge is 0.430 e. The molecule has 2 heterocycles. The van der Waals surface area contributed by atoms with Crippen LogP contribution in [0, 0.1) is 0 Å². The highest BCUT2D eigenvalue weighted by Crippen LogP contribution is 2.43. The molecule has 9 heteroatoms. The van der Waals surface area contributed by atoms with Gasteiger partial charge in [-0.05, 0) is 41.6 Å². The van der Waals surface area contributed by atoms with Gasteiger partial charge in [0.05, 0.1) is 5.57 Å². The van der Waals surface area contributed by atoms with Crippen LogP contribution in [-0.4, -0.2) is 35.1 Å². The van der Waals surface area contributed by atoms with Crippen molar-refractivity contribution in [3.05, 3.63) is 56.2 Å². The predicted octanol–water partition coefficient (Wildman–Crippen LogP) is 4.71. The lowest BCUT2D eigenvalue weighted by Crippen LogP contribution is -2.40. The number of alkyl halides is 3. The van der Waals surface area contributed by atoms with E-state index in [-0.39, 0.29) is 28.9 Å². The van der Waals surface area contributed by atoms with E-state index >= 15 is 0 Å². The normalized spacial score (nSPS) is 17.7. The molecule has 0 aliphatic carbocycles. The standard InChI is InChI=1S/C18H14ClF3O4S/c19-13-7-9-6-12(17(24)25)16(18(20,21)22)26-14(9)8-11(13)10(3-4-23)15-2-1-5-27-15/h1-2,5-8,10,16,23H,3-4H2,(H,24,25). The molecule has 1 aliphatic heterocycles. The number of fused-ring (bicyclic) bond motifs is 1. The summed E-state index contributed by atoms with van der Waals surface area (Å²) in [6, 6.07) is 6.46. The van der Waals surface area contributed by atoms with E-state index in [9.17, 15) is 23.1 Å². The molecule has 0 spiro atoms. The molecule has 3 rings (SSSR count). The van der Waals surface area contributed by atoms with Crippen molar-refractivity contribution in [2.75, 3.05) is 6.61 Å². The molecule has 0 bridgehead atoms. The van der Waals surface area contributed by atoms with Crippen LogP contribution < -0.4 is 4.74 Å². The number of aliphatic carboxylic acids is 1. The van der Waals surface area contributed by atoms with Gasteiger partial charge in [-0.3, -0.25) is 0 Å². The van der Waals surface area contributed by atoms with Gasteiger partial charge in [0.15, 0.2) is 0 Å². The van der Waals surface area contributed by atoms with E-state index in [1.807, 2.05) is 17.5 Å². The van der Waals surface area contributed by atoms with Crippen molar-refractivity contribution in [3.63, 3.8) is 0 Å². The fraction of sp³-hybridized carbons (Fsp3) is 0.278. The van der Waals surface area contributed by atoms with E-state index in [2.05, 4.69) is 0 Å². The van der Waals surface area contributed by atoms with Crippen LogP contribution in [0.1, 0.15) is 28.3 Å². The molecule has 0 amide bonds. The monoisotopic (exact) mass is 418 g/mol. The van der Waals surface area contributed by atoms with Crippen molar-refractivity contribution in [1.29, 1.82) is 0 Å². The number of carbonyl (C=O) groups is 1. The molecule has 1 aliphatic rings. The molecule has 2 N–H and O–H groups in total. The topological polar surface area (TPSA) is 66.8 Å². The molecule has 0 saturated heterocycles. The SMILES string of the molecule is O=C(O)C1=Cc2cc(Cl)c(C(CCO)c3cccs3)cc2OC1C(F)(F)F. The van der Waals surface area contributed by atoms with Crippen molar-refractivity contribution < 1.29 is 32.9 Å². The predicted molar refractivity (Wildman–Crippen MR) is 95.4 cm³/mol. The zero-order chi connectivity index (χ0) is 19.8. The lowest BCUT2D eigenvalue weighted by atomic mass is 9.91. The van der Waals surface area contributed by atoms with E-state index in [0.717, 1.165) is 11.0 Å². The number of thiophene rings is 1. The van der Waals surface area contributed by atoms with E-state index in [1.54, 1.807) is 0 Å². The summed E-state index contributed by atoms with van der Waals surface area (Å²) >= 11 is 7.77. The van der Waals surface area contributed by atoms with Crippen LogP contribution in [0.2, 0.25) is 5.02 Å². The van der Waals surface area contributed by atoms with Crippen LogP contribution in [0.25, 0.3) is 6.08 Å². The van der Waals surface area contributed by atoms with Crippen LogP contribution in [0.5, 0.6) is 5.75 Å². The first-order valence-corrected chi connectivity index (χ1v) is 9.14. The average Bonchev–Trinajstić information content (AvgIpc) is 3.11. The zero-order valence-electron chi connectivity index (χ0n) is 13.7. The molecule has 27 heavy (non-hydrogen) atoms. The molecule has 1 aromatic carbocycles. The van der Waals surface area contributed by atoms with E-state index in [0.29, 0.717) is 12.0 Å². The number of ether oxygens (including phenoxy) is 1. The lowest BCUT2D eigenvalue weighted by Gasteiger charge is -2.28. The molecule has 2 aromatic rings. The minimum atomic E-state index is -4.88. The Kier molecular flexibility index (Phi) is 5.50. The van der Waals surface area contributed by atoms with Gasteiger partial charge in [0.25, 0.3) is 0 Å². The summed E-state index contributed by atoms with van der Waals surface area (Å²) in [5.41, 5.74) is -0.223. The maximum atomic E-state index is 13.2. The van der Waals surface area contributed by atoms with Gasteiger partial charge in [-0.25, -0.2) is 4.79 Å². The highest BCUT2D eigenvalue weighted by molar-refractivity contribution is 7.10. The Labute approximate surface area is 161 Å². The van der Waals surface area contributed by atoms with E-state index in [1.165, 1.54) is 23.5 Å². The van der Waals surface area contributed by atoms with Crippen molar-refractivity contribution in [1.82, 2.24) is 0 Å². The molecule has 2 atom stereocenters. The number of carboxylic acid groups (broad SMARTS) is 1. The van der Waals surface area contributed by atoms with Crippen LogP contribution in [0.15, 0.2) is 35.2 Å². The van der Waals surface area contributed by atoms with Gasteiger partial charge in [-0.1, -0.05) is 17.7 Å². The quantitative estimate of drug-likeness (QED) is 0.738. The summed E-state index contributed by atoms with van der Waals surface area (Å²) in [7, 11) is 0. The Bertz CT molecular complexity index is 877. The Morgan fingerprint density at radius 1 is 1.37 bits per heavy atom. The van der Waals surface area contributed by atoms with Gasteiger partial charge in [0, 0.05) is 28.0 Å². The third-order valence-electron chi connectivity index (χ3n) is 4.19. The van der Waals surface area contributed by atoms with Crippen molar-refractivity contribution in [2.24, 2.45) is 0 Å². The summed E-state index contributed by atoms with van der Waals surface area (Å²) in [6.07, 6.45) is -6.17. The highest BCUT2D eigenvalue weighted by Gasteiger charge is 2.48. The largest absolute Gasteiger partial charge is 0.478 e. The number of hydrogen-bond donors (Lipinski definition) is 2. The van der Waals surface area contributed by atoms with Crippen LogP contribution in [-0.2, 0) is 4.79 Å². The molecule has 1 aromatic heterocycles. The number of carboxylic acids is 1. The molecular formula is C18H14ClF3O4S. The minimum Gasteiger partial charge on any atom is -0.478 e. The van der Waals surface area contributed by atoms with Crippen LogP contribution >= 0.6 is 22.9 Å². The maximum Gasteiger partial charge on any atom is 0.430 e. The fourth-order valence-corrected chi connectivity index (χ4v) is 4.17.